The molecule has 0 aliphatic carbocycles. The van der Waals surface area contributed by atoms with Crippen LogP contribution in [-0.4, -0.2) is 25.2 Å². The summed E-state index contributed by atoms with van der Waals surface area (Å²) in [5.41, 5.74) is 2.34. The van der Waals surface area contributed by atoms with E-state index in [4.69, 9.17) is 4.74 Å². The predicted octanol–water partition coefficient (Wildman–Crippen LogP) is 2.61. The first-order valence-electron chi connectivity index (χ1n) is 6.33. The fraction of sp³-hybridized carbons (Fsp3) is 0.400. The Morgan fingerprint density at radius 3 is 3.06 bits per heavy atom. The van der Waals surface area contributed by atoms with Crippen molar-refractivity contribution in [2.75, 3.05) is 20.3 Å². The molecule has 0 saturated heterocycles. The second kappa shape index (κ2) is 6.47. The van der Waals surface area contributed by atoms with E-state index >= 15 is 0 Å². The Morgan fingerprint density at radius 2 is 2.22 bits per heavy atom. The van der Waals surface area contributed by atoms with Crippen LogP contribution in [0, 0.1) is 5.92 Å². The first-order valence-corrected chi connectivity index (χ1v) is 6.33. The number of ether oxygens (including phenoxy) is 1. The van der Waals surface area contributed by atoms with Gasteiger partial charge in [0.2, 0.25) is 0 Å². The van der Waals surface area contributed by atoms with Crippen molar-refractivity contribution >= 4 is 10.9 Å². The van der Waals surface area contributed by atoms with Gasteiger partial charge in [0.25, 0.3) is 0 Å². The predicted molar refractivity (Wildman–Crippen MR) is 74.5 cm³/mol. The van der Waals surface area contributed by atoms with E-state index < -0.39 is 0 Å². The van der Waals surface area contributed by atoms with Gasteiger partial charge in [-0.3, -0.25) is 4.98 Å². The van der Waals surface area contributed by atoms with Crippen molar-refractivity contribution in [3.8, 4) is 0 Å². The number of fused-ring (bicyclic) bond motifs is 1. The quantitative estimate of drug-likeness (QED) is 0.848. The van der Waals surface area contributed by atoms with Crippen LogP contribution in [0.3, 0.4) is 0 Å². The summed E-state index contributed by atoms with van der Waals surface area (Å²) in [5.74, 6) is 0.539. The number of benzene rings is 1. The fourth-order valence-corrected chi connectivity index (χ4v) is 2.04. The molecule has 0 spiro atoms. The minimum absolute atomic E-state index is 0.539. The van der Waals surface area contributed by atoms with Crippen molar-refractivity contribution in [3.63, 3.8) is 0 Å². The van der Waals surface area contributed by atoms with Crippen LogP contribution < -0.4 is 5.32 Å². The van der Waals surface area contributed by atoms with Crippen LogP contribution in [0.15, 0.2) is 36.5 Å². The summed E-state index contributed by atoms with van der Waals surface area (Å²) < 4.78 is 5.12. The van der Waals surface area contributed by atoms with Gasteiger partial charge in [0.1, 0.15) is 0 Å². The molecule has 0 aliphatic heterocycles. The van der Waals surface area contributed by atoms with Gasteiger partial charge in [-0.05, 0) is 29.7 Å². The molecule has 1 N–H and O–H groups in total. The average molecular weight is 244 g/mol. The van der Waals surface area contributed by atoms with Gasteiger partial charge in [-0.1, -0.05) is 19.1 Å². The molecule has 3 nitrogen and oxygen atoms in total. The second-order valence-electron chi connectivity index (χ2n) is 4.72. The number of methoxy groups -OCH3 is 1. The van der Waals surface area contributed by atoms with Gasteiger partial charge in [0, 0.05) is 38.4 Å². The first kappa shape index (κ1) is 13.0. The molecule has 1 heterocycles. The number of rotatable bonds is 6. The molecule has 96 valence electrons. The Balaban J connectivity index is 1.91. The number of nitrogens with one attached hydrogen (secondary N) is 1. The Kier molecular flexibility index (Phi) is 4.67. The summed E-state index contributed by atoms with van der Waals surface area (Å²) >= 11 is 0. The number of pyridine rings is 1. The zero-order valence-corrected chi connectivity index (χ0v) is 11.0. The van der Waals surface area contributed by atoms with E-state index in [2.05, 4.69) is 41.5 Å². The molecule has 0 bridgehead atoms. The Morgan fingerprint density at radius 1 is 1.33 bits per heavy atom. The van der Waals surface area contributed by atoms with Gasteiger partial charge < -0.3 is 10.1 Å². The summed E-state index contributed by atoms with van der Waals surface area (Å²) in [5, 5.41) is 4.65. The molecule has 2 rings (SSSR count). The van der Waals surface area contributed by atoms with Crippen LogP contribution in [0.5, 0.6) is 0 Å². The molecule has 0 saturated carbocycles. The van der Waals surface area contributed by atoms with Crippen molar-refractivity contribution < 1.29 is 4.74 Å². The number of hydrogen-bond donors (Lipinski definition) is 1. The summed E-state index contributed by atoms with van der Waals surface area (Å²) in [6.45, 7) is 4.84. The van der Waals surface area contributed by atoms with Crippen LogP contribution in [0.1, 0.15) is 12.5 Å². The SMILES string of the molecule is COCC(C)CNCc1ccc2ncccc2c1. The maximum Gasteiger partial charge on any atom is 0.0702 e. The molecule has 1 unspecified atom stereocenters. The van der Waals surface area contributed by atoms with Crippen molar-refractivity contribution in [2.45, 2.75) is 13.5 Å². The third-order valence-corrected chi connectivity index (χ3v) is 2.94. The normalized spacial score (nSPS) is 12.8. The van der Waals surface area contributed by atoms with Crippen molar-refractivity contribution in [3.05, 3.63) is 42.1 Å². The topological polar surface area (TPSA) is 34.1 Å². The summed E-state index contributed by atoms with van der Waals surface area (Å²) in [6, 6.07) is 10.5. The lowest BCUT2D eigenvalue weighted by atomic mass is 10.1. The molecule has 1 atom stereocenters. The largest absolute Gasteiger partial charge is 0.384 e. The van der Waals surface area contributed by atoms with E-state index in [0.717, 1.165) is 25.2 Å². The minimum Gasteiger partial charge on any atom is -0.384 e. The lowest BCUT2D eigenvalue weighted by Gasteiger charge is -2.11. The third-order valence-electron chi connectivity index (χ3n) is 2.94. The summed E-state index contributed by atoms with van der Waals surface area (Å²) in [6.07, 6.45) is 1.83. The molecule has 0 fully saturated rings. The van der Waals surface area contributed by atoms with Crippen molar-refractivity contribution in [1.82, 2.24) is 10.3 Å². The minimum atomic E-state index is 0.539. The second-order valence-corrected chi connectivity index (χ2v) is 4.72. The zero-order valence-electron chi connectivity index (χ0n) is 11.0. The smallest absolute Gasteiger partial charge is 0.0702 e. The van der Waals surface area contributed by atoms with Crippen LogP contribution in [0.2, 0.25) is 0 Å². The molecular formula is C15H20N2O. The van der Waals surface area contributed by atoms with E-state index in [1.807, 2.05) is 12.3 Å². The fourth-order valence-electron chi connectivity index (χ4n) is 2.04. The van der Waals surface area contributed by atoms with E-state index in [1.54, 1.807) is 7.11 Å². The highest BCUT2D eigenvalue weighted by atomic mass is 16.5. The van der Waals surface area contributed by atoms with Gasteiger partial charge in [0.05, 0.1) is 5.52 Å². The Bertz CT molecular complexity index is 499. The van der Waals surface area contributed by atoms with Gasteiger partial charge in [-0.15, -0.1) is 0 Å². The lowest BCUT2D eigenvalue weighted by molar-refractivity contribution is 0.158. The van der Waals surface area contributed by atoms with Crippen LogP contribution in [-0.2, 0) is 11.3 Å². The van der Waals surface area contributed by atoms with E-state index in [1.165, 1.54) is 10.9 Å². The maximum atomic E-state index is 5.12. The molecular weight excluding hydrogens is 224 g/mol. The third kappa shape index (κ3) is 3.52. The van der Waals surface area contributed by atoms with Gasteiger partial charge in [0.15, 0.2) is 0 Å². The molecule has 18 heavy (non-hydrogen) atoms. The van der Waals surface area contributed by atoms with Gasteiger partial charge in [-0.2, -0.15) is 0 Å². The molecule has 2 aromatic rings. The lowest BCUT2D eigenvalue weighted by Crippen LogP contribution is -2.23. The molecule has 1 aromatic carbocycles. The molecule has 3 heteroatoms. The summed E-state index contributed by atoms with van der Waals surface area (Å²) in [4.78, 5) is 4.32. The van der Waals surface area contributed by atoms with Crippen LogP contribution in [0.4, 0.5) is 0 Å². The maximum absolute atomic E-state index is 5.12. The zero-order chi connectivity index (χ0) is 12.8. The summed E-state index contributed by atoms with van der Waals surface area (Å²) in [7, 11) is 1.74. The first-order chi connectivity index (χ1) is 8.79. The number of hydrogen-bond acceptors (Lipinski definition) is 3. The Hall–Kier alpha value is -1.45. The number of aromatic nitrogens is 1. The monoisotopic (exact) mass is 244 g/mol. The van der Waals surface area contributed by atoms with E-state index in [-0.39, 0.29) is 0 Å². The van der Waals surface area contributed by atoms with Crippen molar-refractivity contribution in [1.29, 1.82) is 0 Å². The molecule has 0 amide bonds. The highest BCUT2D eigenvalue weighted by molar-refractivity contribution is 5.78. The molecule has 0 aliphatic rings. The molecule has 0 radical (unpaired) electrons. The average Bonchev–Trinajstić information content (AvgIpc) is 2.39. The van der Waals surface area contributed by atoms with Crippen LogP contribution in [0.25, 0.3) is 10.9 Å². The highest BCUT2D eigenvalue weighted by Gasteiger charge is 2.01. The van der Waals surface area contributed by atoms with Crippen molar-refractivity contribution in [2.24, 2.45) is 5.92 Å². The van der Waals surface area contributed by atoms with Crippen LogP contribution >= 0.6 is 0 Å². The number of nitrogens with zero attached hydrogens (tertiary/aromatic N) is 1. The van der Waals surface area contributed by atoms with Gasteiger partial charge in [-0.25, -0.2) is 0 Å². The standard InChI is InChI=1S/C15H20N2O/c1-12(11-18-2)9-16-10-13-5-6-15-14(8-13)4-3-7-17-15/h3-8,12,16H,9-11H2,1-2H3. The molecule has 1 aromatic heterocycles. The van der Waals surface area contributed by atoms with Gasteiger partial charge >= 0.3 is 0 Å². The van der Waals surface area contributed by atoms with E-state index in [9.17, 15) is 0 Å². The highest BCUT2D eigenvalue weighted by Crippen LogP contribution is 2.13. The Labute approximate surface area is 108 Å². The van der Waals surface area contributed by atoms with E-state index in [0.29, 0.717) is 5.92 Å².